The first-order valence-electron chi connectivity index (χ1n) is 8.72. The first kappa shape index (κ1) is 16.3. The minimum absolute atomic E-state index is 0.454. The number of anilines is 1. The highest BCUT2D eigenvalue weighted by atomic mass is 14.9. The molecule has 0 aliphatic carbocycles. The summed E-state index contributed by atoms with van der Waals surface area (Å²) in [5.74, 6) is 0. The van der Waals surface area contributed by atoms with E-state index in [0.717, 1.165) is 12.8 Å². The van der Waals surface area contributed by atoms with Crippen molar-refractivity contribution < 1.29 is 0 Å². The second-order valence-electron chi connectivity index (χ2n) is 6.38. The molecule has 1 atom stereocenters. The van der Waals surface area contributed by atoms with E-state index in [2.05, 4.69) is 98.0 Å². The molecule has 0 fully saturated rings. The lowest BCUT2D eigenvalue weighted by Crippen LogP contribution is -2.21. The van der Waals surface area contributed by atoms with Crippen LogP contribution in [0.4, 0.5) is 5.69 Å². The molecule has 0 amide bonds. The van der Waals surface area contributed by atoms with Crippen molar-refractivity contribution in [2.24, 2.45) is 0 Å². The highest BCUT2D eigenvalue weighted by molar-refractivity contribution is 5.63. The summed E-state index contributed by atoms with van der Waals surface area (Å²) in [5, 5.41) is 3.65. The van der Waals surface area contributed by atoms with E-state index in [4.69, 9.17) is 0 Å². The van der Waals surface area contributed by atoms with Crippen molar-refractivity contribution in [1.29, 1.82) is 0 Å². The van der Waals surface area contributed by atoms with Gasteiger partial charge in [0.05, 0.1) is 0 Å². The van der Waals surface area contributed by atoms with Gasteiger partial charge in [-0.25, -0.2) is 0 Å². The Morgan fingerprint density at radius 3 is 2.00 bits per heavy atom. The molecule has 1 nitrogen and oxygen atoms in total. The van der Waals surface area contributed by atoms with Crippen LogP contribution in [-0.4, -0.2) is 6.04 Å². The summed E-state index contributed by atoms with van der Waals surface area (Å²) in [6.45, 7) is 4.36. The zero-order valence-electron chi connectivity index (χ0n) is 14.5. The van der Waals surface area contributed by atoms with Crippen molar-refractivity contribution in [2.45, 2.75) is 32.7 Å². The molecule has 0 aliphatic rings. The van der Waals surface area contributed by atoms with Crippen molar-refractivity contribution in [3.63, 3.8) is 0 Å². The van der Waals surface area contributed by atoms with Gasteiger partial charge < -0.3 is 5.32 Å². The average molecular weight is 315 g/mol. The molecule has 122 valence electrons. The Morgan fingerprint density at radius 2 is 1.38 bits per heavy atom. The highest BCUT2D eigenvalue weighted by Crippen LogP contribution is 2.21. The molecule has 0 bridgehead atoms. The lowest BCUT2D eigenvalue weighted by atomic mass is 9.99. The third-order valence-electron chi connectivity index (χ3n) is 4.46. The van der Waals surface area contributed by atoms with Crippen LogP contribution in [0.5, 0.6) is 0 Å². The van der Waals surface area contributed by atoms with Crippen LogP contribution in [0.15, 0.2) is 78.9 Å². The number of hydrogen-bond acceptors (Lipinski definition) is 1. The van der Waals surface area contributed by atoms with Crippen molar-refractivity contribution in [2.75, 3.05) is 5.32 Å². The monoisotopic (exact) mass is 315 g/mol. The van der Waals surface area contributed by atoms with Gasteiger partial charge in [-0.1, -0.05) is 79.2 Å². The average Bonchev–Trinajstić information content (AvgIpc) is 2.64. The van der Waals surface area contributed by atoms with Crippen molar-refractivity contribution in [3.8, 4) is 11.1 Å². The minimum atomic E-state index is 0.454. The standard InChI is InChI=1S/C23H25N/c1-3-22(24-23-15-9-18(2)10-16-23)17-19-11-13-21(14-12-19)20-7-5-4-6-8-20/h4-16,22,24H,3,17H2,1-2H3. The zero-order chi connectivity index (χ0) is 16.8. The quantitative estimate of drug-likeness (QED) is 0.580. The number of rotatable bonds is 6. The maximum atomic E-state index is 3.65. The van der Waals surface area contributed by atoms with Crippen molar-refractivity contribution in [3.05, 3.63) is 90.0 Å². The normalized spacial score (nSPS) is 11.9. The lowest BCUT2D eigenvalue weighted by Gasteiger charge is -2.19. The lowest BCUT2D eigenvalue weighted by molar-refractivity contribution is 0.690. The van der Waals surface area contributed by atoms with E-state index in [1.807, 2.05) is 0 Å². The molecule has 3 aromatic rings. The van der Waals surface area contributed by atoms with E-state index in [1.165, 1.54) is 27.9 Å². The van der Waals surface area contributed by atoms with Crippen molar-refractivity contribution >= 4 is 5.69 Å². The van der Waals surface area contributed by atoms with Crippen LogP contribution < -0.4 is 5.32 Å². The van der Waals surface area contributed by atoms with E-state index in [0.29, 0.717) is 6.04 Å². The second kappa shape index (κ2) is 7.83. The van der Waals surface area contributed by atoms with Gasteiger partial charge in [-0.2, -0.15) is 0 Å². The smallest absolute Gasteiger partial charge is 0.0342 e. The molecular weight excluding hydrogens is 290 g/mol. The molecule has 1 heteroatoms. The molecule has 3 rings (SSSR count). The Balaban J connectivity index is 1.66. The Labute approximate surface area is 145 Å². The number of hydrogen-bond donors (Lipinski definition) is 1. The summed E-state index contributed by atoms with van der Waals surface area (Å²) in [6, 6.07) is 28.6. The number of aryl methyl sites for hydroxylation is 1. The summed E-state index contributed by atoms with van der Waals surface area (Å²) < 4.78 is 0. The molecule has 0 aliphatic heterocycles. The minimum Gasteiger partial charge on any atom is -0.382 e. The predicted molar refractivity (Wildman–Crippen MR) is 104 cm³/mol. The first-order valence-corrected chi connectivity index (χ1v) is 8.72. The fourth-order valence-corrected chi connectivity index (χ4v) is 2.93. The van der Waals surface area contributed by atoms with Crippen molar-refractivity contribution in [1.82, 2.24) is 0 Å². The molecule has 0 spiro atoms. The largest absolute Gasteiger partial charge is 0.382 e. The van der Waals surface area contributed by atoms with E-state index in [9.17, 15) is 0 Å². The maximum absolute atomic E-state index is 3.65. The van der Waals surface area contributed by atoms with E-state index in [-0.39, 0.29) is 0 Å². The van der Waals surface area contributed by atoms with E-state index in [1.54, 1.807) is 0 Å². The van der Waals surface area contributed by atoms with Crippen LogP contribution in [-0.2, 0) is 6.42 Å². The molecular formula is C23H25N. The number of benzene rings is 3. The molecule has 3 aromatic carbocycles. The molecule has 0 saturated carbocycles. The zero-order valence-corrected chi connectivity index (χ0v) is 14.5. The van der Waals surface area contributed by atoms with Crippen LogP contribution >= 0.6 is 0 Å². The summed E-state index contributed by atoms with van der Waals surface area (Å²) in [6.07, 6.45) is 2.15. The van der Waals surface area contributed by atoms with Gasteiger partial charge in [0.15, 0.2) is 0 Å². The summed E-state index contributed by atoms with van der Waals surface area (Å²) in [5.41, 5.74) is 6.42. The van der Waals surface area contributed by atoms with Gasteiger partial charge in [-0.15, -0.1) is 0 Å². The Morgan fingerprint density at radius 1 is 0.750 bits per heavy atom. The maximum Gasteiger partial charge on any atom is 0.0342 e. The first-order chi connectivity index (χ1) is 11.7. The Bertz CT molecular complexity index is 742. The van der Waals surface area contributed by atoms with Crippen LogP contribution in [0.1, 0.15) is 24.5 Å². The predicted octanol–water partition coefficient (Wildman–Crippen LogP) is 6.10. The van der Waals surface area contributed by atoms with Crippen LogP contribution in [0.25, 0.3) is 11.1 Å². The molecule has 1 N–H and O–H groups in total. The number of nitrogens with one attached hydrogen (secondary N) is 1. The van der Waals surface area contributed by atoms with E-state index < -0.39 is 0 Å². The Hall–Kier alpha value is -2.54. The molecule has 0 heterocycles. The highest BCUT2D eigenvalue weighted by Gasteiger charge is 2.08. The van der Waals surface area contributed by atoms with Gasteiger partial charge in [0.1, 0.15) is 0 Å². The summed E-state index contributed by atoms with van der Waals surface area (Å²) in [4.78, 5) is 0. The fourth-order valence-electron chi connectivity index (χ4n) is 2.93. The van der Waals surface area contributed by atoms with Gasteiger partial charge in [0.2, 0.25) is 0 Å². The molecule has 0 radical (unpaired) electrons. The Kier molecular flexibility index (Phi) is 5.32. The van der Waals surface area contributed by atoms with Gasteiger partial charge in [0, 0.05) is 11.7 Å². The molecule has 0 aromatic heterocycles. The fraction of sp³-hybridized carbons (Fsp3) is 0.217. The SMILES string of the molecule is CCC(Cc1ccc(-c2ccccc2)cc1)Nc1ccc(C)cc1. The summed E-state index contributed by atoms with van der Waals surface area (Å²) in [7, 11) is 0. The second-order valence-corrected chi connectivity index (χ2v) is 6.38. The third kappa shape index (κ3) is 4.26. The molecule has 24 heavy (non-hydrogen) atoms. The van der Waals surface area contributed by atoms with Gasteiger partial charge in [-0.3, -0.25) is 0 Å². The van der Waals surface area contributed by atoms with E-state index >= 15 is 0 Å². The third-order valence-corrected chi connectivity index (χ3v) is 4.46. The van der Waals surface area contributed by atoms with Crippen LogP contribution in [0.3, 0.4) is 0 Å². The summed E-state index contributed by atoms with van der Waals surface area (Å²) >= 11 is 0. The topological polar surface area (TPSA) is 12.0 Å². The molecule has 0 saturated heterocycles. The van der Waals surface area contributed by atoms with Gasteiger partial charge in [0.25, 0.3) is 0 Å². The molecule has 1 unspecified atom stereocenters. The van der Waals surface area contributed by atoms with Gasteiger partial charge in [-0.05, 0) is 48.6 Å². The van der Waals surface area contributed by atoms with Crippen LogP contribution in [0, 0.1) is 6.92 Å². The van der Waals surface area contributed by atoms with Crippen LogP contribution in [0.2, 0.25) is 0 Å². The van der Waals surface area contributed by atoms with Gasteiger partial charge >= 0.3 is 0 Å².